The first-order valence-electron chi connectivity index (χ1n) is 6.14. The zero-order chi connectivity index (χ0) is 14.0. The summed E-state index contributed by atoms with van der Waals surface area (Å²) >= 11 is 7.05. The quantitative estimate of drug-likeness (QED) is 0.459. The number of alkyl halides is 2. The normalized spacial score (nSPS) is 12.6. The van der Waals surface area contributed by atoms with Gasteiger partial charge in [-0.15, -0.1) is 0 Å². The van der Waals surface area contributed by atoms with Crippen LogP contribution in [0.1, 0.15) is 31.9 Å². The Morgan fingerprint density at radius 1 is 1.06 bits per heavy atom. The zero-order valence-electron chi connectivity index (χ0n) is 11.8. The molecular formula is C14H22Br2OSi. The van der Waals surface area contributed by atoms with Crippen LogP contribution in [0.25, 0.3) is 0 Å². The van der Waals surface area contributed by atoms with Crippen LogP contribution in [0.3, 0.4) is 0 Å². The second kappa shape index (κ2) is 6.10. The fraction of sp³-hybridized carbons (Fsp3) is 0.571. The second-order valence-electron chi connectivity index (χ2n) is 6.06. The predicted octanol–water partition coefficient (Wildman–Crippen LogP) is 5.86. The molecule has 1 aromatic rings. The molecule has 0 aliphatic heterocycles. The largest absolute Gasteiger partial charge is 0.543 e. The van der Waals surface area contributed by atoms with Gasteiger partial charge in [-0.2, -0.15) is 0 Å². The SMILES string of the molecule is CC(C)(C)[Si](C)(C)Oc1ccc(CBr)c(CBr)c1. The lowest BCUT2D eigenvalue weighted by molar-refractivity contribution is 0.491. The Labute approximate surface area is 129 Å². The molecule has 1 aromatic carbocycles. The number of rotatable bonds is 4. The molecule has 0 N–H and O–H groups in total. The molecule has 102 valence electrons. The third kappa shape index (κ3) is 3.84. The molecule has 4 heteroatoms. The summed E-state index contributed by atoms with van der Waals surface area (Å²) in [6.45, 7) is 11.3. The van der Waals surface area contributed by atoms with Gasteiger partial charge in [-0.1, -0.05) is 58.7 Å². The number of benzene rings is 1. The molecule has 18 heavy (non-hydrogen) atoms. The molecule has 0 fully saturated rings. The van der Waals surface area contributed by atoms with Crippen LogP contribution in [0.4, 0.5) is 0 Å². The van der Waals surface area contributed by atoms with Crippen molar-refractivity contribution in [1.82, 2.24) is 0 Å². The van der Waals surface area contributed by atoms with E-state index in [4.69, 9.17) is 4.43 Å². The Morgan fingerprint density at radius 3 is 2.06 bits per heavy atom. The van der Waals surface area contributed by atoms with Crippen LogP contribution in [0.5, 0.6) is 5.75 Å². The minimum absolute atomic E-state index is 0.232. The summed E-state index contributed by atoms with van der Waals surface area (Å²) in [5.41, 5.74) is 2.61. The highest BCUT2D eigenvalue weighted by atomic mass is 79.9. The molecule has 0 aromatic heterocycles. The van der Waals surface area contributed by atoms with E-state index in [2.05, 4.69) is 83.9 Å². The molecule has 0 aliphatic rings. The summed E-state index contributed by atoms with van der Waals surface area (Å²) in [7, 11) is -1.74. The highest BCUT2D eigenvalue weighted by molar-refractivity contribution is 9.09. The van der Waals surface area contributed by atoms with E-state index >= 15 is 0 Å². The maximum absolute atomic E-state index is 6.31. The monoisotopic (exact) mass is 392 g/mol. The first-order valence-corrected chi connectivity index (χ1v) is 11.3. The number of hydrogen-bond acceptors (Lipinski definition) is 1. The van der Waals surface area contributed by atoms with Crippen LogP contribution < -0.4 is 4.43 Å². The summed E-state index contributed by atoms with van der Waals surface area (Å²) in [6.07, 6.45) is 0. The first kappa shape index (κ1) is 16.3. The van der Waals surface area contributed by atoms with Gasteiger partial charge in [-0.05, 0) is 41.4 Å². The summed E-state index contributed by atoms with van der Waals surface area (Å²) < 4.78 is 6.31. The third-order valence-corrected chi connectivity index (χ3v) is 9.21. The summed E-state index contributed by atoms with van der Waals surface area (Å²) in [6, 6.07) is 6.39. The molecular weight excluding hydrogens is 372 g/mol. The first-order chi connectivity index (χ1) is 8.21. The van der Waals surface area contributed by atoms with Crippen molar-refractivity contribution in [3.05, 3.63) is 29.3 Å². The topological polar surface area (TPSA) is 9.23 Å². The van der Waals surface area contributed by atoms with E-state index in [1.54, 1.807) is 0 Å². The Hall–Kier alpha value is 0.197. The minimum Gasteiger partial charge on any atom is -0.543 e. The van der Waals surface area contributed by atoms with E-state index in [9.17, 15) is 0 Å². The molecule has 1 rings (SSSR count). The van der Waals surface area contributed by atoms with E-state index < -0.39 is 8.32 Å². The van der Waals surface area contributed by atoms with Gasteiger partial charge in [0.15, 0.2) is 0 Å². The van der Waals surface area contributed by atoms with Crippen molar-refractivity contribution >= 4 is 40.2 Å². The van der Waals surface area contributed by atoms with Crippen molar-refractivity contribution in [2.45, 2.75) is 49.6 Å². The van der Waals surface area contributed by atoms with Gasteiger partial charge in [-0.3, -0.25) is 0 Å². The summed E-state index contributed by atoms with van der Waals surface area (Å²) in [4.78, 5) is 0. The number of halogens is 2. The molecule has 0 saturated carbocycles. The van der Waals surface area contributed by atoms with Crippen molar-refractivity contribution in [3.63, 3.8) is 0 Å². The number of hydrogen-bond donors (Lipinski definition) is 0. The molecule has 0 unspecified atom stereocenters. The van der Waals surface area contributed by atoms with Crippen LogP contribution >= 0.6 is 31.9 Å². The van der Waals surface area contributed by atoms with Crippen LogP contribution in [0, 0.1) is 0 Å². The lowest BCUT2D eigenvalue weighted by Crippen LogP contribution is -2.43. The fourth-order valence-electron chi connectivity index (χ4n) is 1.37. The van der Waals surface area contributed by atoms with Gasteiger partial charge in [0.05, 0.1) is 0 Å². The Kier molecular flexibility index (Phi) is 5.51. The highest BCUT2D eigenvalue weighted by Gasteiger charge is 2.38. The van der Waals surface area contributed by atoms with E-state index in [1.807, 2.05) is 0 Å². The molecule has 0 bridgehead atoms. The van der Waals surface area contributed by atoms with Crippen LogP contribution in [0.2, 0.25) is 18.1 Å². The zero-order valence-corrected chi connectivity index (χ0v) is 16.0. The minimum atomic E-state index is -1.74. The highest BCUT2D eigenvalue weighted by Crippen LogP contribution is 2.37. The lowest BCUT2D eigenvalue weighted by atomic mass is 10.1. The van der Waals surface area contributed by atoms with Gasteiger partial charge < -0.3 is 4.43 Å². The molecule has 0 aliphatic carbocycles. The Balaban J connectivity index is 2.99. The van der Waals surface area contributed by atoms with Crippen molar-refractivity contribution in [2.24, 2.45) is 0 Å². The molecule has 1 nitrogen and oxygen atoms in total. The van der Waals surface area contributed by atoms with Crippen molar-refractivity contribution in [2.75, 3.05) is 0 Å². The second-order valence-corrected chi connectivity index (χ2v) is 11.9. The predicted molar refractivity (Wildman–Crippen MR) is 89.5 cm³/mol. The summed E-state index contributed by atoms with van der Waals surface area (Å²) in [5.74, 6) is 1.00. The maximum Gasteiger partial charge on any atom is 0.250 e. The smallest absolute Gasteiger partial charge is 0.250 e. The average Bonchev–Trinajstić information content (AvgIpc) is 2.26. The average molecular weight is 394 g/mol. The van der Waals surface area contributed by atoms with Crippen molar-refractivity contribution < 1.29 is 4.43 Å². The van der Waals surface area contributed by atoms with Crippen LogP contribution in [-0.2, 0) is 10.7 Å². The van der Waals surface area contributed by atoms with Gasteiger partial charge in [0.1, 0.15) is 5.75 Å². The van der Waals surface area contributed by atoms with Crippen LogP contribution in [-0.4, -0.2) is 8.32 Å². The maximum atomic E-state index is 6.31. The van der Waals surface area contributed by atoms with Gasteiger partial charge in [0.25, 0.3) is 0 Å². The van der Waals surface area contributed by atoms with Gasteiger partial charge in [0, 0.05) is 10.7 Å². The molecule has 0 spiro atoms. The van der Waals surface area contributed by atoms with Gasteiger partial charge >= 0.3 is 0 Å². The molecule has 0 radical (unpaired) electrons. The van der Waals surface area contributed by atoms with E-state index in [-0.39, 0.29) is 5.04 Å². The van der Waals surface area contributed by atoms with Crippen LogP contribution in [0.15, 0.2) is 18.2 Å². The Bertz CT molecular complexity index is 411. The molecule has 0 atom stereocenters. The lowest BCUT2D eigenvalue weighted by Gasteiger charge is -2.36. The van der Waals surface area contributed by atoms with Crippen molar-refractivity contribution in [1.29, 1.82) is 0 Å². The molecule has 0 saturated heterocycles. The van der Waals surface area contributed by atoms with E-state index in [0.717, 1.165) is 16.4 Å². The fourth-order valence-corrected chi connectivity index (χ4v) is 3.46. The standard InChI is InChI=1S/C14H22Br2OSi/c1-14(2,3)18(4,5)17-13-7-6-11(9-15)12(8-13)10-16/h6-8H,9-10H2,1-5H3. The third-order valence-electron chi connectivity index (χ3n) is 3.64. The van der Waals surface area contributed by atoms with E-state index in [0.29, 0.717) is 0 Å². The molecule has 0 amide bonds. The molecule has 0 heterocycles. The van der Waals surface area contributed by atoms with Gasteiger partial charge in [0.2, 0.25) is 8.32 Å². The Morgan fingerprint density at radius 2 is 1.61 bits per heavy atom. The van der Waals surface area contributed by atoms with E-state index in [1.165, 1.54) is 11.1 Å². The summed E-state index contributed by atoms with van der Waals surface area (Å²) in [5, 5.41) is 1.98. The van der Waals surface area contributed by atoms with Gasteiger partial charge in [-0.25, -0.2) is 0 Å². The van der Waals surface area contributed by atoms with Crippen molar-refractivity contribution in [3.8, 4) is 5.75 Å².